The lowest BCUT2D eigenvalue weighted by molar-refractivity contribution is -0.730. The zero-order valence-electron chi connectivity index (χ0n) is 18.6. The van der Waals surface area contributed by atoms with Crippen LogP contribution < -0.4 is 30.8 Å². The number of aromatic nitrogens is 3. The molecule has 1 atom stereocenters. The third-order valence-electron chi connectivity index (χ3n) is 4.78. The Morgan fingerprint density at radius 2 is 2.00 bits per heavy atom. The largest absolute Gasteiger partial charge is 0.497 e. The van der Waals surface area contributed by atoms with Gasteiger partial charge in [-0.05, 0) is 24.3 Å². The van der Waals surface area contributed by atoms with Crippen molar-refractivity contribution in [2.45, 2.75) is 17.2 Å². The van der Waals surface area contributed by atoms with E-state index in [4.69, 9.17) is 19.7 Å². The molecule has 0 saturated carbocycles. The molecule has 34 heavy (non-hydrogen) atoms. The van der Waals surface area contributed by atoms with E-state index < -0.39 is 16.8 Å². The minimum atomic E-state index is -0.798. The molecular weight excluding hydrogens is 462 g/mol. The highest BCUT2D eigenvalue weighted by atomic mass is 32.2. The van der Waals surface area contributed by atoms with Gasteiger partial charge in [0.25, 0.3) is 0 Å². The first-order valence-corrected chi connectivity index (χ1v) is 10.5. The van der Waals surface area contributed by atoms with Crippen molar-refractivity contribution >= 4 is 29.2 Å². The highest BCUT2D eigenvalue weighted by Gasteiger charge is 2.32. The lowest BCUT2D eigenvalue weighted by Crippen LogP contribution is -2.34. The minimum Gasteiger partial charge on any atom is -0.497 e. The van der Waals surface area contributed by atoms with Gasteiger partial charge in [-0.1, -0.05) is 16.4 Å². The van der Waals surface area contributed by atoms with Crippen LogP contribution in [0.5, 0.6) is 11.5 Å². The normalized spacial score (nSPS) is 11.2. The van der Waals surface area contributed by atoms with E-state index in [0.29, 0.717) is 17.2 Å². The van der Waals surface area contributed by atoms with Gasteiger partial charge in [-0.25, -0.2) is 9.78 Å². The third kappa shape index (κ3) is 4.51. The van der Waals surface area contributed by atoms with Crippen molar-refractivity contribution in [1.82, 2.24) is 10.3 Å². The molecule has 0 aliphatic rings. The fourth-order valence-electron chi connectivity index (χ4n) is 3.10. The van der Waals surface area contributed by atoms with Crippen LogP contribution in [0.25, 0.3) is 11.3 Å². The predicted octanol–water partition coefficient (Wildman–Crippen LogP) is 1.32. The van der Waals surface area contributed by atoms with Crippen LogP contribution in [0.15, 0.2) is 32.5 Å². The molecule has 0 aliphatic heterocycles. The summed E-state index contributed by atoms with van der Waals surface area (Å²) in [7, 11) is 4.44. The van der Waals surface area contributed by atoms with Crippen molar-refractivity contribution in [3.8, 4) is 34.9 Å². The number of amides is 1. The first-order chi connectivity index (χ1) is 16.2. The summed E-state index contributed by atoms with van der Waals surface area (Å²) < 4.78 is 16.5. The van der Waals surface area contributed by atoms with Crippen LogP contribution in [0, 0.1) is 22.7 Å². The Labute approximate surface area is 197 Å². The Morgan fingerprint density at radius 1 is 1.29 bits per heavy atom. The fraction of sp³-hybridized carbons (Fsp3) is 0.238. The number of nitrogens with one attached hydrogen (secondary N) is 2. The minimum absolute atomic E-state index is 0.0282. The quantitative estimate of drug-likeness (QED) is 0.328. The van der Waals surface area contributed by atoms with Gasteiger partial charge in [-0.2, -0.15) is 10.5 Å². The van der Waals surface area contributed by atoms with Crippen molar-refractivity contribution in [3.05, 3.63) is 39.7 Å². The monoisotopic (exact) mass is 482 g/mol. The second kappa shape index (κ2) is 9.97. The van der Waals surface area contributed by atoms with Crippen LogP contribution in [0.4, 0.5) is 11.5 Å². The number of aryl methyl sites for hydroxylation is 1. The molecule has 0 fully saturated rings. The average Bonchev–Trinajstić information content (AvgIpc) is 3.15. The molecule has 1 amide bonds. The molecule has 3 aromatic rings. The van der Waals surface area contributed by atoms with E-state index in [1.807, 2.05) is 12.1 Å². The average molecular weight is 483 g/mol. The Kier molecular flexibility index (Phi) is 7.09. The molecule has 2 aromatic heterocycles. The number of rotatable bonds is 7. The number of benzene rings is 1. The molecule has 2 heterocycles. The first-order valence-electron chi connectivity index (χ1n) is 9.66. The Balaban J connectivity index is 2.01. The van der Waals surface area contributed by atoms with Gasteiger partial charge in [0.05, 0.1) is 30.7 Å². The van der Waals surface area contributed by atoms with Gasteiger partial charge >= 0.3 is 11.3 Å². The number of anilines is 2. The number of methoxy groups -OCH3 is 2. The Bertz CT molecular complexity index is 1400. The summed E-state index contributed by atoms with van der Waals surface area (Å²) in [6, 6.07) is 8.80. The maximum Gasteiger partial charge on any atom is 0.435 e. The summed E-state index contributed by atoms with van der Waals surface area (Å²) >= 11 is 0.943. The van der Waals surface area contributed by atoms with Crippen LogP contribution in [0.3, 0.4) is 0 Å². The Hall–Kier alpha value is -4.49. The van der Waals surface area contributed by atoms with Crippen LogP contribution in [-0.2, 0) is 11.8 Å². The summed E-state index contributed by atoms with van der Waals surface area (Å²) in [4.78, 5) is 29.3. The molecule has 0 radical (unpaired) electrons. The van der Waals surface area contributed by atoms with Gasteiger partial charge in [0.2, 0.25) is 5.91 Å². The van der Waals surface area contributed by atoms with E-state index in [2.05, 4.69) is 15.6 Å². The summed E-state index contributed by atoms with van der Waals surface area (Å²) in [6.45, 7) is 1.61. The maximum absolute atomic E-state index is 12.9. The van der Waals surface area contributed by atoms with Gasteiger partial charge in [0.1, 0.15) is 45.6 Å². The number of nitrogens with zero attached hydrogens (tertiary/aromatic N) is 4. The number of H-pyrrole nitrogens is 1. The summed E-state index contributed by atoms with van der Waals surface area (Å²) in [5.41, 5.74) is 5.22. The molecular formula is C21H20N7O5S+. The van der Waals surface area contributed by atoms with Crippen molar-refractivity contribution in [1.29, 1.82) is 10.5 Å². The maximum atomic E-state index is 12.9. The number of thioether (sulfide) groups is 1. The number of hydrogen-bond acceptors (Lipinski definition) is 10. The number of hydrogen-bond donors (Lipinski definition) is 3. The van der Waals surface area contributed by atoms with Crippen molar-refractivity contribution in [2.24, 2.45) is 7.05 Å². The fourth-order valence-corrected chi connectivity index (χ4v) is 4.02. The molecule has 3 rings (SSSR count). The van der Waals surface area contributed by atoms with E-state index >= 15 is 0 Å². The standard InChI is InChI=1S/C21H19N7O5S/c1-10(19(29)25-14-7-11(31-3)5-6-15(14)32-4)34-20-13(9-23)16(12(8-22)18(24)26-20)17-21(30)33-27-28(17)2/h5-7,10H,1-4H3,(H3-,24,25,26,27,29,30)/p+1. The highest BCUT2D eigenvalue weighted by molar-refractivity contribution is 8.00. The lowest BCUT2D eigenvalue weighted by Gasteiger charge is -2.16. The number of nitriles is 2. The SMILES string of the molecule is COc1ccc(OC)c(NC(=O)C(C)Sc2nc(N)c(C#N)c(-c3c(=O)o[nH][n+]3C)c2C#N)c1. The van der Waals surface area contributed by atoms with Gasteiger partial charge in [-0.3, -0.25) is 9.32 Å². The van der Waals surface area contributed by atoms with Gasteiger partial charge < -0.3 is 20.5 Å². The molecule has 174 valence electrons. The van der Waals surface area contributed by atoms with E-state index in [0.717, 1.165) is 11.8 Å². The summed E-state index contributed by atoms with van der Waals surface area (Å²) in [6.07, 6.45) is 0. The molecule has 4 N–H and O–H groups in total. The second-order valence-electron chi connectivity index (χ2n) is 6.85. The van der Waals surface area contributed by atoms with Crippen molar-refractivity contribution in [2.75, 3.05) is 25.3 Å². The second-order valence-corrected chi connectivity index (χ2v) is 8.18. The Morgan fingerprint density at radius 3 is 2.56 bits per heavy atom. The van der Waals surface area contributed by atoms with Crippen molar-refractivity contribution < 1.29 is 23.5 Å². The van der Waals surface area contributed by atoms with Gasteiger partial charge in [-0.15, -0.1) is 0 Å². The number of nitrogens with two attached hydrogens (primary N) is 1. The van der Waals surface area contributed by atoms with E-state index in [-0.39, 0.29) is 33.2 Å². The predicted molar refractivity (Wildman–Crippen MR) is 121 cm³/mol. The van der Waals surface area contributed by atoms with E-state index in [1.54, 1.807) is 25.1 Å². The molecule has 0 saturated heterocycles. The van der Waals surface area contributed by atoms with Crippen LogP contribution >= 0.6 is 11.8 Å². The highest BCUT2D eigenvalue weighted by Crippen LogP contribution is 2.36. The van der Waals surface area contributed by atoms with E-state index in [9.17, 15) is 20.1 Å². The smallest absolute Gasteiger partial charge is 0.435 e. The van der Waals surface area contributed by atoms with Crippen molar-refractivity contribution in [3.63, 3.8) is 0 Å². The number of carbonyl (C=O) groups is 1. The molecule has 0 bridgehead atoms. The van der Waals surface area contributed by atoms with Gasteiger partial charge in [0.15, 0.2) is 7.05 Å². The van der Waals surface area contributed by atoms with Crippen LogP contribution in [0.1, 0.15) is 18.1 Å². The summed E-state index contributed by atoms with van der Waals surface area (Å²) in [5.74, 6) is 0.339. The number of aromatic amines is 1. The zero-order valence-corrected chi connectivity index (χ0v) is 19.4. The number of pyridine rings is 1. The topological polar surface area (TPSA) is 184 Å². The van der Waals surface area contributed by atoms with Crippen LogP contribution in [-0.4, -0.2) is 35.6 Å². The van der Waals surface area contributed by atoms with Gasteiger partial charge in [0, 0.05) is 6.07 Å². The molecule has 1 aromatic carbocycles. The molecule has 0 aliphatic carbocycles. The zero-order chi connectivity index (χ0) is 25.0. The molecule has 1 unspecified atom stereocenters. The molecule has 0 spiro atoms. The number of ether oxygens (including phenoxy) is 2. The third-order valence-corrected chi connectivity index (χ3v) is 5.86. The lowest BCUT2D eigenvalue weighted by atomic mass is 10.0. The first kappa shape index (κ1) is 24.2. The number of carbonyl (C=O) groups excluding carboxylic acids is 1. The molecule has 12 nitrogen and oxygen atoms in total. The van der Waals surface area contributed by atoms with Crippen LogP contribution in [0.2, 0.25) is 0 Å². The van der Waals surface area contributed by atoms with E-state index in [1.165, 1.54) is 25.9 Å². The molecule has 13 heteroatoms. The number of nitrogen functional groups attached to an aromatic ring is 1. The summed E-state index contributed by atoms with van der Waals surface area (Å²) in [5, 5.41) is 23.9.